The molecule has 0 spiro atoms. The Labute approximate surface area is 127 Å². The van der Waals surface area contributed by atoms with Crippen LogP contribution in [0.3, 0.4) is 0 Å². The van der Waals surface area contributed by atoms with Crippen LogP contribution in [0.15, 0.2) is 53.0 Å². The molecule has 3 nitrogen and oxygen atoms in total. The van der Waals surface area contributed by atoms with Gasteiger partial charge in [0.15, 0.2) is 0 Å². The number of hydrogen-bond donors (Lipinski definition) is 0. The van der Waals surface area contributed by atoms with Gasteiger partial charge in [-0.05, 0) is 35.9 Å². The van der Waals surface area contributed by atoms with E-state index in [9.17, 15) is 4.79 Å². The van der Waals surface area contributed by atoms with Crippen LogP contribution in [0.4, 0.5) is 0 Å². The average molecular weight is 334 g/mol. The maximum Gasteiger partial charge on any atom is 0.253 e. The van der Waals surface area contributed by atoms with Crippen molar-refractivity contribution >= 4 is 21.8 Å². The molecule has 4 heteroatoms. The number of halogens is 1. The number of benzene rings is 2. The Morgan fingerprint density at radius 3 is 2.40 bits per heavy atom. The van der Waals surface area contributed by atoms with Crippen molar-refractivity contribution in [1.29, 1.82) is 0 Å². The van der Waals surface area contributed by atoms with Crippen molar-refractivity contribution in [1.82, 2.24) is 4.90 Å². The molecule has 0 saturated carbocycles. The minimum absolute atomic E-state index is 0.0107. The van der Waals surface area contributed by atoms with Gasteiger partial charge in [-0.25, -0.2) is 0 Å². The Morgan fingerprint density at radius 1 is 1.15 bits per heavy atom. The van der Waals surface area contributed by atoms with Crippen LogP contribution in [0.1, 0.15) is 15.9 Å². The monoisotopic (exact) mass is 333 g/mol. The van der Waals surface area contributed by atoms with Crippen LogP contribution in [0.2, 0.25) is 0 Å². The standard InChI is InChI=1S/C16H16BrNO2/c1-18(11-13-5-3-4-6-15(13)17)16(19)12-7-9-14(20-2)10-8-12/h3-10H,11H2,1-2H3. The fourth-order valence-corrected chi connectivity index (χ4v) is 2.32. The SMILES string of the molecule is COc1ccc(C(=O)N(C)Cc2ccccc2Br)cc1. The Kier molecular flexibility index (Phi) is 4.79. The van der Waals surface area contributed by atoms with Crippen molar-refractivity contribution in [3.8, 4) is 5.75 Å². The predicted octanol–water partition coefficient (Wildman–Crippen LogP) is 3.73. The van der Waals surface area contributed by atoms with Gasteiger partial charge in [0.1, 0.15) is 5.75 Å². The minimum Gasteiger partial charge on any atom is -0.497 e. The van der Waals surface area contributed by atoms with Crippen molar-refractivity contribution in [2.75, 3.05) is 14.2 Å². The Morgan fingerprint density at radius 2 is 1.80 bits per heavy atom. The first-order valence-electron chi connectivity index (χ1n) is 6.24. The number of hydrogen-bond acceptors (Lipinski definition) is 2. The third-order valence-corrected chi connectivity index (χ3v) is 3.82. The first-order valence-corrected chi connectivity index (χ1v) is 7.04. The smallest absolute Gasteiger partial charge is 0.253 e. The largest absolute Gasteiger partial charge is 0.497 e. The highest BCUT2D eigenvalue weighted by molar-refractivity contribution is 9.10. The van der Waals surface area contributed by atoms with Crippen molar-refractivity contribution < 1.29 is 9.53 Å². The van der Waals surface area contributed by atoms with Gasteiger partial charge >= 0.3 is 0 Å². The van der Waals surface area contributed by atoms with Gasteiger partial charge in [0.2, 0.25) is 0 Å². The fraction of sp³-hybridized carbons (Fsp3) is 0.188. The Bertz CT molecular complexity index is 596. The zero-order valence-corrected chi connectivity index (χ0v) is 13.1. The minimum atomic E-state index is -0.0107. The second-order valence-corrected chi connectivity index (χ2v) is 5.34. The number of ether oxygens (including phenoxy) is 1. The molecule has 0 fully saturated rings. The molecule has 0 aliphatic heterocycles. The molecule has 0 saturated heterocycles. The molecule has 0 radical (unpaired) electrons. The summed E-state index contributed by atoms with van der Waals surface area (Å²) in [6, 6.07) is 15.0. The van der Waals surface area contributed by atoms with Gasteiger partial charge in [0.05, 0.1) is 7.11 Å². The molecule has 2 rings (SSSR count). The van der Waals surface area contributed by atoms with Crippen molar-refractivity contribution in [3.63, 3.8) is 0 Å². The molecule has 2 aromatic carbocycles. The highest BCUT2D eigenvalue weighted by Gasteiger charge is 2.13. The van der Waals surface area contributed by atoms with Crippen LogP contribution < -0.4 is 4.74 Å². The molecule has 0 aliphatic carbocycles. The van der Waals surface area contributed by atoms with E-state index in [-0.39, 0.29) is 5.91 Å². The number of carbonyl (C=O) groups excluding carboxylic acids is 1. The molecule has 0 unspecified atom stereocenters. The summed E-state index contributed by atoms with van der Waals surface area (Å²) in [6.07, 6.45) is 0. The van der Waals surface area contributed by atoms with Crippen molar-refractivity contribution in [2.24, 2.45) is 0 Å². The summed E-state index contributed by atoms with van der Waals surface area (Å²) in [6.45, 7) is 0.562. The number of rotatable bonds is 4. The van der Waals surface area contributed by atoms with Crippen LogP contribution in [-0.2, 0) is 6.54 Å². The molecule has 0 atom stereocenters. The molecule has 20 heavy (non-hydrogen) atoms. The first kappa shape index (κ1) is 14.6. The van der Waals surface area contributed by atoms with Gasteiger partial charge < -0.3 is 9.64 Å². The molecule has 1 amide bonds. The lowest BCUT2D eigenvalue weighted by Gasteiger charge is -2.18. The summed E-state index contributed by atoms with van der Waals surface area (Å²) < 4.78 is 6.10. The maximum absolute atomic E-state index is 12.3. The lowest BCUT2D eigenvalue weighted by Crippen LogP contribution is -2.26. The van der Waals surface area contributed by atoms with Gasteiger partial charge in [-0.3, -0.25) is 4.79 Å². The van der Waals surface area contributed by atoms with E-state index in [0.29, 0.717) is 12.1 Å². The van der Waals surface area contributed by atoms with E-state index in [1.54, 1.807) is 43.3 Å². The van der Waals surface area contributed by atoms with E-state index in [1.807, 2.05) is 24.3 Å². The number of nitrogens with zero attached hydrogens (tertiary/aromatic N) is 1. The van der Waals surface area contributed by atoms with Crippen molar-refractivity contribution in [2.45, 2.75) is 6.54 Å². The van der Waals surface area contributed by atoms with Crippen LogP contribution >= 0.6 is 15.9 Å². The van der Waals surface area contributed by atoms with Gasteiger partial charge in [-0.1, -0.05) is 34.1 Å². The van der Waals surface area contributed by atoms with E-state index in [2.05, 4.69) is 15.9 Å². The summed E-state index contributed by atoms with van der Waals surface area (Å²) in [5.41, 5.74) is 1.73. The fourth-order valence-electron chi connectivity index (χ4n) is 1.91. The third-order valence-electron chi connectivity index (χ3n) is 3.05. The molecule has 2 aromatic rings. The van der Waals surface area contributed by atoms with Gasteiger partial charge in [-0.15, -0.1) is 0 Å². The number of methoxy groups -OCH3 is 1. The summed E-state index contributed by atoms with van der Waals surface area (Å²) in [5, 5.41) is 0. The van der Waals surface area contributed by atoms with Crippen LogP contribution in [0, 0.1) is 0 Å². The molecular formula is C16H16BrNO2. The van der Waals surface area contributed by atoms with Crippen molar-refractivity contribution in [3.05, 3.63) is 64.1 Å². The van der Waals surface area contributed by atoms with Gasteiger partial charge in [0, 0.05) is 23.6 Å². The maximum atomic E-state index is 12.3. The van der Waals surface area contributed by atoms with Gasteiger partial charge in [-0.2, -0.15) is 0 Å². The van der Waals surface area contributed by atoms with E-state index >= 15 is 0 Å². The third kappa shape index (κ3) is 3.39. The highest BCUT2D eigenvalue weighted by atomic mass is 79.9. The molecule has 0 aliphatic rings. The Balaban J connectivity index is 2.10. The van der Waals surface area contributed by atoms with Crippen LogP contribution in [0.25, 0.3) is 0 Å². The zero-order chi connectivity index (χ0) is 14.5. The molecule has 0 N–H and O–H groups in total. The molecule has 0 bridgehead atoms. The molecule has 0 heterocycles. The van der Waals surface area contributed by atoms with Gasteiger partial charge in [0.25, 0.3) is 5.91 Å². The molecule has 104 valence electrons. The highest BCUT2D eigenvalue weighted by Crippen LogP contribution is 2.19. The second-order valence-electron chi connectivity index (χ2n) is 4.48. The van der Waals surface area contributed by atoms with Crippen LogP contribution in [-0.4, -0.2) is 25.0 Å². The average Bonchev–Trinajstić information content (AvgIpc) is 2.49. The number of carbonyl (C=O) groups is 1. The summed E-state index contributed by atoms with van der Waals surface area (Å²) >= 11 is 3.49. The zero-order valence-electron chi connectivity index (χ0n) is 11.5. The molecular weight excluding hydrogens is 318 g/mol. The lowest BCUT2D eigenvalue weighted by molar-refractivity contribution is 0.0785. The predicted molar refractivity (Wildman–Crippen MR) is 82.9 cm³/mol. The van der Waals surface area contributed by atoms with E-state index in [1.165, 1.54) is 0 Å². The Hall–Kier alpha value is -1.81. The summed E-state index contributed by atoms with van der Waals surface area (Å²) in [7, 11) is 3.40. The topological polar surface area (TPSA) is 29.5 Å². The summed E-state index contributed by atoms with van der Waals surface area (Å²) in [5.74, 6) is 0.735. The van der Waals surface area contributed by atoms with E-state index in [4.69, 9.17) is 4.74 Å². The second kappa shape index (κ2) is 6.57. The summed E-state index contributed by atoms with van der Waals surface area (Å²) in [4.78, 5) is 14.0. The quantitative estimate of drug-likeness (QED) is 0.853. The first-order chi connectivity index (χ1) is 9.61. The lowest BCUT2D eigenvalue weighted by atomic mass is 10.1. The normalized spacial score (nSPS) is 10.2. The van der Waals surface area contributed by atoms with Crippen LogP contribution in [0.5, 0.6) is 5.75 Å². The van der Waals surface area contributed by atoms with E-state index in [0.717, 1.165) is 15.8 Å². The van der Waals surface area contributed by atoms with E-state index < -0.39 is 0 Å². The number of amides is 1. The molecule has 0 aromatic heterocycles.